The molecule has 1 aliphatic rings. The second-order valence-electron chi connectivity index (χ2n) is 6.90. The molecule has 1 unspecified atom stereocenters. The fourth-order valence-electron chi connectivity index (χ4n) is 3.22. The lowest BCUT2D eigenvalue weighted by molar-refractivity contribution is -0.118. The average molecular weight is 357 g/mol. The van der Waals surface area contributed by atoms with Crippen LogP contribution in [0, 0.1) is 13.8 Å². The van der Waals surface area contributed by atoms with E-state index >= 15 is 0 Å². The minimum absolute atomic E-state index is 0.0273. The van der Waals surface area contributed by atoms with Gasteiger partial charge < -0.3 is 5.32 Å². The summed E-state index contributed by atoms with van der Waals surface area (Å²) in [7, 11) is 0. The summed E-state index contributed by atoms with van der Waals surface area (Å²) in [6.45, 7) is 6.60. The quantitative estimate of drug-likeness (QED) is 0.779. The standard InChI is InChI=1S/C21H25ClN2O/c1-14-7-6-10-20(15(14)2)23-21(25)13-24(17-11-12-17)16(3)18-8-4-5-9-19(18)22/h4-10,16-17H,11-13H2,1-3H3,(H,23,25). The van der Waals surface area contributed by atoms with Crippen molar-refractivity contribution >= 4 is 23.2 Å². The van der Waals surface area contributed by atoms with Gasteiger partial charge in [0.15, 0.2) is 0 Å². The summed E-state index contributed by atoms with van der Waals surface area (Å²) in [6, 6.07) is 14.5. The Morgan fingerprint density at radius 2 is 1.92 bits per heavy atom. The second-order valence-corrected chi connectivity index (χ2v) is 7.30. The third-order valence-corrected chi connectivity index (χ3v) is 5.42. The molecule has 132 valence electrons. The van der Waals surface area contributed by atoms with E-state index in [1.165, 1.54) is 5.56 Å². The zero-order valence-corrected chi connectivity index (χ0v) is 15.8. The fraction of sp³-hybridized carbons (Fsp3) is 0.381. The Morgan fingerprint density at radius 3 is 2.60 bits per heavy atom. The van der Waals surface area contributed by atoms with Gasteiger partial charge in [-0.25, -0.2) is 0 Å². The van der Waals surface area contributed by atoms with Gasteiger partial charge in [0.05, 0.1) is 6.54 Å². The molecule has 2 aromatic carbocycles. The fourth-order valence-corrected chi connectivity index (χ4v) is 3.52. The van der Waals surface area contributed by atoms with E-state index in [9.17, 15) is 4.79 Å². The molecular weight excluding hydrogens is 332 g/mol. The van der Waals surface area contributed by atoms with E-state index < -0.39 is 0 Å². The van der Waals surface area contributed by atoms with Crippen LogP contribution < -0.4 is 5.32 Å². The van der Waals surface area contributed by atoms with Crippen LogP contribution in [-0.4, -0.2) is 23.4 Å². The summed E-state index contributed by atoms with van der Waals surface area (Å²) in [4.78, 5) is 14.9. The molecular formula is C21H25ClN2O. The Morgan fingerprint density at radius 1 is 1.20 bits per heavy atom. The number of rotatable bonds is 6. The van der Waals surface area contributed by atoms with E-state index in [-0.39, 0.29) is 11.9 Å². The smallest absolute Gasteiger partial charge is 0.238 e. The summed E-state index contributed by atoms with van der Waals surface area (Å²) >= 11 is 6.37. The summed E-state index contributed by atoms with van der Waals surface area (Å²) in [5.41, 5.74) is 4.27. The van der Waals surface area contributed by atoms with Crippen LogP contribution >= 0.6 is 11.6 Å². The number of carbonyl (C=O) groups excluding carboxylic acids is 1. The highest BCUT2D eigenvalue weighted by Gasteiger charge is 2.34. The molecule has 0 heterocycles. The predicted octanol–water partition coefficient (Wildman–Crippen LogP) is 5.12. The molecule has 1 saturated carbocycles. The van der Waals surface area contributed by atoms with Crippen molar-refractivity contribution in [3.05, 3.63) is 64.2 Å². The normalized spacial score (nSPS) is 15.2. The topological polar surface area (TPSA) is 32.3 Å². The maximum atomic E-state index is 12.7. The zero-order valence-electron chi connectivity index (χ0n) is 15.1. The number of hydrogen-bond donors (Lipinski definition) is 1. The van der Waals surface area contributed by atoms with E-state index in [0.717, 1.165) is 34.7 Å². The van der Waals surface area contributed by atoms with E-state index in [2.05, 4.69) is 30.1 Å². The molecule has 1 aliphatic carbocycles. The summed E-state index contributed by atoms with van der Waals surface area (Å²) in [5, 5.41) is 3.83. The lowest BCUT2D eigenvalue weighted by atomic mass is 10.1. The molecule has 1 atom stereocenters. The van der Waals surface area contributed by atoms with Crippen molar-refractivity contribution in [3.63, 3.8) is 0 Å². The van der Waals surface area contributed by atoms with Gasteiger partial charge in [-0.2, -0.15) is 0 Å². The Balaban J connectivity index is 1.73. The van der Waals surface area contributed by atoms with Gasteiger partial charge in [0.25, 0.3) is 0 Å². The molecule has 1 amide bonds. The Hall–Kier alpha value is -1.84. The van der Waals surface area contributed by atoms with Crippen molar-refractivity contribution < 1.29 is 4.79 Å². The first-order valence-corrected chi connectivity index (χ1v) is 9.21. The van der Waals surface area contributed by atoms with Crippen LogP contribution in [0.5, 0.6) is 0 Å². The van der Waals surface area contributed by atoms with Gasteiger partial charge in [-0.15, -0.1) is 0 Å². The lowest BCUT2D eigenvalue weighted by Crippen LogP contribution is -2.37. The van der Waals surface area contributed by atoms with Gasteiger partial charge in [-0.1, -0.05) is 41.9 Å². The number of halogens is 1. The first kappa shape index (κ1) is 18.0. The monoisotopic (exact) mass is 356 g/mol. The molecule has 0 aromatic heterocycles. The zero-order chi connectivity index (χ0) is 18.0. The van der Waals surface area contributed by atoms with Gasteiger partial charge >= 0.3 is 0 Å². The third kappa shape index (κ3) is 4.23. The number of hydrogen-bond acceptors (Lipinski definition) is 2. The molecule has 0 bridgehead atoms. The van der Waals surface area contributed by atoms with Crippen LogP contribution in [0.25, 0.3) is 0 Å². The first-order valence-electron chi connectivity index (χ1n) is 8.83. The first-order chi connectivity index (χ1) is 12.0. The number of anilines is 1. The molecule has 0 saturated heterocycles. The van der Waals surface area contributed by atoms with E-state index in [1.807, 2.05) is 43.3 Å². The van der Waals surface area contributed by atoms with Crippen molar-refractivity contribution in [1.29, 1.82) is 0 Å². The third-order valence-electron chi connectivity index (χ3n) is 5.07. The number of carbonyl (C=O) groups is 1. The Bertz CT molecular complexity index is 770. The summed E-state index contributed by atoms with van der Waals surface area (Å²) in [6.07, 6.45) is 2.29. The molecule has 4 heteroatoms. The van der Waals surface area contributed by atoms with E-state index in [0.29, 0.717) is 12.6 Å². The van der Waals surface area contributed by atoms with Gasteiger partial charge in [0, 0.05) is 22.8 Å². The molecule has 25 heavy (non-hydrogen) atoms. The SMILES string of the molecule is Cc1cccc(NC(=O)CN(C2CC2)C(C)c2ccccc2Cl)c1C. The highest BCUT2D eigenvalue weighted by Crippen LogP contribution is 2.36. The minimum atomic E-state index is 0.0273. The van der Waals surface area contributed by atoms with Crippen LogP contribution in [0.2, 0.25) is 5.02 Å². The van der Waals surface area contributed by atoms with Gasteiger partial charge in [0.1, 0.15) is 0 Å². The van der Waals surface area contributed by atoms with Crippen LogP contribution in [0.4, 0.5) is 5.69 Å². The highest BCUT2D eigenvalue weighted by molar-refractivity contribution is 6.31. The van der Waals surface area contributed by atoms with Crippen molar-refractivity contribution in [2.45, 2.75) is 45.7 Å². The average Bonchev–Trinajstić information content (AvgIpc) is 3.42. The Kier molecular flexibility index (Phi) is 5.45. The molecule has 1 fully saturated rings. The van der Waals surface area contributed by atoms with E-state index in [4.69, 9.17) is 11.6 Å². The number of aryl methyl sites for hydroxylation is 1. The lowest BCUT2D eigenvalue weighted by Gasteiger charge is -2.29. The molecule has 1 N–H and O–H groups in total. The number of nitrogens with zero attached hydrogens (tertiary/aromatic N) is 1. The molecule has 3 rings (SSSR count). The van der Waals surface area contributed by atoms with Crippen LogP contribution in [0.15, 0.2) is 42.5 Å². The van der Waals surface area contributed by atoms with Gasteiger partial charge in [-0.3, -0.25) is 9.69 Å². The number of benzene rings is 2. The second kappa shape index (κ2) is 7.59. The predicted molar refractivity (Wildman–Crippen MR) is 104 cm³/mol. The van der Waals surface area contributed by atoms with Gasteiger partial charge in [-0.05, 0) is 62.4 Å². The van der Waals surface area contributed by atoms with Gasteiger partial charge in [0.2, 0.25) is 5.91 Å². The maximum Gasteiger partial charge on any atom is 0.238 e. The van der Waals surface area contributed by atoms with E-state index in [1.54, 1.807) is 0 Å². The van der Waals surface area contributed by atoms with Crippen molar-refractivity contribution in [1.82, 2.24) is 4.90 Å². The molecule has 2 aromatic rings. The van der Waals surface area contributed by atoms with Crippen LogP contribution in [0.3, 0.4) is 0 Å². The minimum Gasteiger partial charge on any atom is -0.325 e. The molecule has 0 spiro atoms. The number of nitrogens with one attached hydrogen (secondary N) is 1. The van der Waals surface area contributed by atoms with Crippen LogP contribution in [0.1, 0.15) is 42.5 Å². The van der Waals surface area contributed by atoms with Crippen molar-refractivity contribution in [2.75, 3.05) is 11.9 Å². The van der Waals surface area contributed by atoms with Crippen molar-refractivity contribution in [3.8, 4) is 0 Å². The molecule has 3 nitrogen and oxygen atoms in total. The van der Waals surface area contributed by atoms with Crippen molar-refractivity contribution in [2.24, 2.45) is 0 Å². The largest absolute Gasteiger partial charge is 0.325 e. The Labute approximate surface area is 155 Å². The maximum absolute atomic E-state index is 12.7. The summed E-state index contributed by atoms with van der Waals surface area (Å²) in [5.74, 6) is 0.0273. The molecule has 0 radical (unpaired) electrons. The summed E-state index contributed by atoms with van der Waals surface area (Å²) < 4.78 is 0. The highest BCUT2D eigenvalue weighted by atomic mass is 35.5. The number of amides is 1. The van der Waals surface area contributed by atoms with Crippen LogP contribution in [-0.2, 0) is 4.79 Å². The molecule has 0 aliphatic heterocycles.